The Morgan fingerprint density at radius 1 is 0.643 bits per heavy atom. The largest absolute Gasteiger partial charge is 0.295 e. The molecule has 226 valence electrons. The number of hydrogen-bond acceptors (Lipinski definition) is 2. The van der Waals surface area contributed by atoms with E-state index in [0.29, 0.717) is 18.6 Å². The normalized spacial score (nSPS) is 21.4. The summed E-state index contributed by atoms with van der Waals surface area (Å²) in [4.78, 5) is 24.3. The Hall–Kier alpha value is -3.26. The van der Waals surface area contributed by atoms with Gasteiger partial charge in [-0.1, -0.05) is 128 Å². The number of ketones is 2. The molecule has 42 heavy (non-hydrogen) atoms. The van der Waals surface area contributed by atoms with E-state index in [1.54, 1.807) is 0 Å². The lowest BCUT2D eigenvalue weighted by Crippen LogP contribution is -2.25. The Balaban J connectivity index is 1.88. The van der Waals surface area contributed by atoms with E-state index in [2.05, 4.69) is 128 Å². The zero-order valence-corrected chi connectivity index (χ0v) is 28.0. The Labute approximate surface area is 256 Å². The standard InChI is InChI=1S/C40H54O2/c1-29(17-13-19-31(3)21-23-35-33(5)37(41)25-27-39(35,7)8)15-11-12-16-30(2)18-14-20-32(4)22-24-36-34(6)38(42)26-28-40(36,9)10/h11-21,23H,22,24-28H2,1-10H3/b12-11+,17-13+,18-14+,23-21+,29-15+,30-16-,31-19-,32-20+. The van der Waals surface area contributed by atoms with E-state index in [9.17, 15) is 9.59 Å². The summed E-state index contributed by atoms with van der Waals surface area (Å²) in [6.45, 7) is 21.4. The number of carbonyl (C=O) groups is 2. The van der Waals surface area contributed by atoms with Crippen molar-refractivity contribution in [3.8, 4) is 0 Å². The summed E-state index contributed by atoms with van der Waals surface area (Å²) in [5, 5.41) is 0. The third-order valence-electron chi connectivity index (χ3n) is 8.76. The van der Waals surface area contributed by atoms with Crippen molar-refractivity contribution in [3.05, 3.63) is 117 Å². The molecule has 0 fully saturated rings. The van der Waals surface area contributed by atoms with Gasteiger partial charge in [0, 0.05) is 12.8 Å². The van der Waals surface area contributed by atoms with E-state index in [-0.39, 0.29) is 16.6 Å². The van der Waals surface area contributed by atoms with Crippen molar-refractivity contribution >= 4 is 11.6 Å². The van der Waals surface area contributed by atoms with E-state index in [0.717, 1.165) is 48.0 Å². The average molecular weight is 567 g/mol. The zero-order valence-electron chi connectivity index (χ0n) is 28.0. The predicted molar refractivity (Wildman–Crippen MR) is 182 cm³/mol. The topological polar surface area (TPSA) is 34.1 Å². The molecule has 2 heteroatoms. The summed E-state index contributed by atoms with van der Waals surface area (Å²) in [7, 11) is 0. The number of rotatable bonds is 11. The van der Waals surface area contributed by atoms with Crippen molar-refractivity contribution in [2.75, 3.05) is 0 Å². The van der Waals surface area contributed by atoms with Gasteiger partial charge in [-0.05, 0) is 94.8 Å². The van der Waals surface area contributed by atoms with Crippen LogP contribution in [0.3, 0.4) is 0 Å². The van der Waals surface area contributed by atoms with Gasteiger partial charge in [-0.25, -0.2) is 0 Å². The molecule has 2 aliphatic carbocycles. The van der Waals surface area contributed by atoms with Gasteiger partial charge in [-0.15, -0.1) is 0 Å². The number of carbonyl (C=O) groups excluding carboxylic acids is 2. The van der Waals surface area contributed by atoms with Crippen LogP contribution in [0.2, 0.25) is 0 Å². The van der Waals surface area contributed by atoms with Crippen molar-refractivity contribution in [1.82, 2.24) is 0 Å². The van der Waals surface area contributed by atoms with Crippen molar-refractivity contribution in [2.45, 2.75) is 108 Å². The maximum absolute atomic E-state index is 12.2. The third-order valence-corrected chi connectivity index (χ3v) is 8.76. The van der Waals surface area contributed by atoms with Gasteiger partial charge in [-0.3, -0.25) is 9.59 Å². The summed E-state index contributed by atoms with van der Waals surface area (Å²) in [5.41, 5.74) is 9.40. The van der Waals surface area contributed by atoms with Gasteiger partial charge in [0.1, 0.15) is 0 Å². The van der Waals surface area contributed by atoms with Crippen LogP contribution in [0.1, 0.15) is 108 Å². The summed E-state index contributed by atoms with van der Waals surface area (Å²) in [5.74, 6) is 0.596. The predicted octanol–water partition coefficient (Wildman–Crippen LogP) is 11.2. The van der Waals surface area contributed by atoms with Gasteiger partial charge in [0.15, 0.2) is 11.6 Å². The molecule has 0 aliphatic heterocycles. The fourth-order valence-corrected chi connectivity index (χ4v) is 5.64. The van der Waals surface area contributed by atoms with E-state index in [1.165, 1.54) is 22.3 Å². The highest BCUT2D eigenvalue weighted by Gasteiger charge is 2.32. The van der Waals surface area contributed by atoms with Crippen LogP contribution >= 0.6 is 0 Å². The maximum atomic E-state index is 12.2. The molecule has 0 N–H and O–H groups in total. The lowest BCUT2D eigenvalue weighted by atomic mass is 9.70. The molecule has 0 spiro atoms. The molecular weight excluding hydrogens is 512 g/mol. The van der Waals surface area contributed by atoms with Crippen LogP contribution in [0, 0.1) is 10.8 Å². The van der Waals surface area contributed by atoms with E-state index in [4.69, 9.17) is 0 Å². The molecular formula is C40H54O2. The molecule has 0 bridgehead atoms. The minimum absolute atomic E-state index is 0.0431. The average Bonchev–Trinajstić information content (AvgIpc) is 2.91. The fourth-order valence-electron chi connectivity index (χ4n) is 5.64. The van der Waals surface area contributed by atoms with Gasteiger partial charge < -0.3 is 0 Å². The van der Waals surface area contributed by atoms with E-state index < -0.39 is 0 Å². The Morgan fingerprint density at radius 3 is 1.71 bits per heavy atom. The quantitative estimate of drug-likeness (QED) is 0.233. The molecule has 0 unspecified atom stereocenters. The molecule has 2 nitrogen and oxygen atoms in total. The van der Waals surface area contributed by atoms with Crippen LogP contribution in [-0.2, 0) is 9.59 Å². The van der Waals surface area contributed by atoms with Crippen LogP contribution in [0.25, 0.3) is 0 Å². The molecule has 0 saturated heterocycles. The van der Waals surface area contributed by atoms with Crippen molar-refractivity contribution < 1.29 is 9.59 Å². The number of Topliss-reactive ketones (excluding diaryl/α,β-unsaturated/α-hetero) is 2. The van der Waals surface area contributed by atoms with Gasteiger partial charge in [0.25, 0.3) is 0 Å². The third kappa shape index (κ3) is 10.9. The SMILES string of the molecule is CC1=C(/C=C/C(C)=C\C=C\C(C)=C\C=C\C=C(C)/C=C/C=C(\C)CCC2=C(C)C(=O)CCC2(C)C)C(C)(C)CCC1=O. The Morgan fingerprint density at radius 2 is 1.12 bits per heavy atom. The summed E-state index contributed by atoms with van der Waals surface area (Å²) in [6, 6.07) is 0. The lowest BCUT2D eigenvalue weighted by molar-refractivity contribution is -0.117. The molecule has 0 atom stereocenters. The first-order valence-corrected chi connectivity index (χ1v) is 15.5. The van der Waals surface area contributed by atoms with Crippen LogP contribution in [0.5, 0.6) is 0 Å². The van der Waals surface area contributed by atoms with Crippen molar-refractivity contribution in [2.24, 2.45) is 10.8 Å². The number of hydrogen-bond donors (Lipinski definition) is 0. The summed E-state index contributed by atoms with van der Waals surface area (Å²) >= 11 is 0. The molecule has 0 amide bonds. The van der Waals surface area contributed by atoms with E-state index >= 15 is 0 Å². The van der Waals surface area contributed by atoms with Gasteiger partial charge in [-0.2, -0.15) is 0 Å². The van der Waals surface area contributed by atoms with Crippen LogP contribution < -0.4 is 0 Å². The fraction of sp³-hybridized carbons (Fsp3) is 0.450. The van der Waals surface area contributed by atoms with Gasteiger partial charge >= 0.3 is 0 Å². The van der Waals surface area contributed by atoms with Gasteiger partial charge in [0.05, 0.1) is 0 Å². The summed E-state index contributed by atoms with van der Waals surface area (Å²) in [6.07, 6.45) is 30.4. The highest BCUT2D eigenvalue weighted by Crippen LogP contribution is 2.41. The zero-order chi connectivity index (χ0) is 31.5. The molecule has 0 radical (unpaired) electrons. The molecule has 0 saturated carbocycles. The second kappa shape index (κ2) is 15.8. The molecule has 0 aromatic rings. The molecule has 0 aromatic heterocycles. The Kier molecular flexibility index (Phi) is 13.2. The Bertz CT molecular complexity index is 1330. The summed E-state index contributed by atoms with van der Waals surface area (Å²) < 4.78 is 0. The molecule has 0 heterocycles. The molecule has 2 rings (SSSR count). The second-order valence-electron chi connectivity index (χ2n) is 13.4. The monoisotopic (exact) mass is 566 g/mol. The van der Waals surface area contributed by atoms with Crippen LogP contribution in [0.15, 0.2) is 117 Å². The van der Waals surface area contributed by atoms with Gasteiger partial charge in [0.2, 0.25) is 0 Å². The second-order valence-corrected chi connectivity index (χ2v) is 13.4. The first-order valence-electron chi connectivity index (χ1n) is 15.5. The molecule has 0 aromatic carbocycles. The number of allylic oxidation sites excluding steroid dienone is 20. The highest BCUT2D eigenvalue weighted by atomic mass is 16.1. The molecule has 2 aliphatic rings. The smallest absolute Gasteiger partial charge is 0.158 e. The van der Waals surface area contributed by atoms with E-state index in [1.807, 2.05) is 13.8 Å². The first-order chi connectivity index (χ1) is 19.6. The minimum Gasteiger partial charge on any atom is -0.295 e. The minimum atomic E-state index is 0.0431. The van der Waals surface area contributed by atoms with Crippen LogP contribution in [0.4, 0.5) is 0 Å². The highest BCUT2D eigenvalue weighted by molar-refractivity contribution is 5.97. The maximum Gasteiger partial charge on any atom is 0.158 e. The van der Waals surface area contributed by atoms with Crippen LogP contribution in [-0.4, -0.2) is 11.6 Å². The lowest BCUT2D eigenvalue weighted by Gasteiger charge is -2.34. The van der Waals surface area contributed by atoms with Crippen molar-refractivity contribution in [3.63, 3.8) is 0 Å². The first kappa shape index (κ1) is 34.9. The van der Waals surface area contributed by atoms with Crippen molar-refractivity contribution in [1.29, 1.82) is 0 Å².